The molecule has 18 heavy (non-hydrogen) atoms. The van der Waals surface area contributed by atoms with Crippen LogP contribution in [0, 0.1) is 6.92 Å². The largest absolute Gasteiger partial charge is 0.278 e. The van der Waals surface area contributed by atoms with E-state index in [1.807, 2.05) is 6.92 Å². The minimum atomic E-state index is -3.61. The predicted octanol–water partition coefficient (Wildman–Crippen LogP) is 1.41. The minimum absolute atomic E-state index is 0.188. The van der Waals surface area contributed by atoms with Crippen molar-refractivity contribution in [3.05, 3.63) is 36.4 Å². The molecule has 6 nitrogen and oxygen atoms in total. The molecule has 0 radical (unpaired) electrons. The standard InChI is InChI=1S/C11H14N4O2S/c1-3-15-8-11(9(2)13-15)18(16,17)14-10-5-4-6-12-7-10/h4-8,14H,3H2,1-2H3. The van der Waals surface area contributed by atoms with Crippen LogP contribution < -0.4 is 4.72 Å². The Kier molecular flexibility index (Phi) is 3.33. The molecule has 2 aromatic heterocycles. The molecule has 0 aliphatic carbocycles. The Hall–Kier alpha value is -1.89. The number of nitrogens with one attached hydrogen (secondary N) is 1. The summed E-state index contributed by atoms with van der Waals surface area (Å²) >= 11 is 0. The molecule has 7 heteroatoms. The third kappa shape index (κ3) is 2.51. The summed E-state index contributed by atoms with van der Waals surface area (Å²) in [6.45, 7) is 4.20. The van der Waals surface area contributed by atoms with Gasteiger partial charge in [0.25, 0.3) is 10.0 Å². The zero-order chi connectivity index (χ0) is 13.2. The summed E-state index contributed by atoms with van der Waals surface area (Å²) in [5.41, 5.74) is 0.911. The Labute approximate surface area is 106 Å². The minimum Gasteiger partial charge on any atom is -0.278 e. The van der Waals surface area contributed by atoms with E-state index in [1.54, 1.807) is 29.9 Å². The maximum atomic E-state index is 12.2. The highest BCUT2D eigenvalue weighted by atomic mass is 32.2. The molecular weight excluding hydrogens is 252 g/mol. The van der Waals surface area contributed by atoms with Gasteiger partial charge in [-0.05, 0) is 26.0 Å². The molecular formula is C11H14N4O2S. The van der Waals surface area contributed by atoms with Gasteiger partial charge in [0.1, 0.15) is 4.90 Å². The first-order chi connectivity index (χ1) is 8.53. The number of aromatic nitrogens is 3. The number of anilines is 1. The first kappa shape index (κ1) is 12.6. The summed E-state index contributed by atoms with van der Waals surface area (Å²) in [7, 11) is -3.61. The van der Waals surface area contributed by atoms with Crippen LogP contribution in [0.25, 0.3) is 0 Å². The van der Waals surface area contributed by atoms with Gasteiger partial charge in [0.15, 0.2) is 0 Å². The number of aryl methyl sites for hydroxylation is 2. The van der Waals surface area contributed by atoms with Crippen LogP contribution in [0.5, 0.6) is 0 Å². The topological polar surface area (TPSA) is 76.9 Å². The molecule has 0 bridgehead atoms. The smallest absolute Gasteiger partial charge is 0.265 e. The Bertz CT molecular complexity index is 634. The summed E-state index contributed by atoms with van der Waals surface area (Å²) in [6.07, 6.45) is 4.56. The van der Waals surface area contributed by atoms with Crippen molar-refractivity contribution in [1.29, 1.82) is 0 Å². The van der Waals surface area contributed by atoms with Crippen molar-refractivity contribution in [1.82, 2.24) is 14.8 Å². The maximum Gasteiger partial charge on any atom is 0.265 e. The lowest BCUT2D eigenvalue weighted by Crippen LogP contribution is -2.13. The van der Waals surface area contributed by atoms with Crippen molar-refractivity contribution >= 4 is 15.7 Å². The van der Waals surface area contributed by atoms with Crippen molar-refractivity contribution in [3.8, 4) is 0 Å². The second-order valence-electron chi connectivity index (χ2n) is 3.78. The normalized spacial score (nSPS) is 11.4. The van der Waals surface area contributed by atoms with Crippen molar-refractivity contribution in [2.45, 2.75) is 25.3 Å². The van der Waals surface area contributed by atoms with Crippen LogP contribution in [-0.4, -0.2) is 23.2 Å². The number of nitrogens with zero attached hydrogens (tertiary/aromatic N) is 3. The average molecular weight is 266 g/mol. The average Bonchev–Trinajstić information content (AvgIpc) is 2.72. The molecule has 2 heterocycles. The quantitative estimate of drug-likeness (QED) is 0.907. The van der Waals surface area contributed by atoms with Gasteiger partial charge in [-0.25, -0.2) is 8.42 Å². The Balaban J connectivity index is 2.34. The molecule has 0 aliphatic heterocycles. The van der Waals surface area contributed by atoms with Gasteiger partial charge in [0.2, 0.25) is 0 Å². The molecule has 0 saturated carbocycles. The molecule has 0 unspecified atom stereocenters. The first-order valence-electron chi connectivity index (χ1n) is 5.50. The summed E-state index contributed by atoms with van der Waals surface area (Å²) in [5.74, 6) is 0. The van der Waals surface area contributed by atoms with Gasteiger partial charge in [-0.3, -0.25) is 14.4 Å². The lowest BCUT2D eigenvalue weighted by molar-refractivity contribution is 0.600. The molecule has 0 aromatic carbocycles. The summed E-state index contributed by atoms with van der Waals surface area (Å²) < 4.78 is 28.4. The van der Waals surface area contributed by atoms with Crippen molar-refractivity contribution in [2.75, 3.05) is 4.72 Å². The van der Waals surface area contributed by atoms with Gasteiger partial charge >= 0.3 is 0 Å². The predicted molar refractivity (Wildman–Crippen MR) is 67.7 cm³/mol. The molecule has 0 aliphatic rings. The fraction of sp³-hybridized carbons (Fsp3) is 0.273. The summed E-state index contributed by atoms with van der Waals surface area (Å²) in [6, 6.07) is 3.31. The van der Waals surface area contributed by atoms with Crippen LogP contribution in [0.3, 0.4) is 0 Å². The third-order valence-corrected chi connectivity index (χ3v) is 3.91. The lowest BCUT2D eigenvalue weighted by atomic mass is 10.4. The summed E-state index contributed by atoms with van der Waals surface area (Å²) in [4.78, 5) is 4.05. The van der Waals surface area contributed by atoms with Crippen molar-refractivity contribution < 1.29 is 8.42 Å². The van der Waals surface area contributed by atoms with Gasteiger partial charge in [0.05, 0.1) is 17.6 Å². The lowest BCUT2D eigenvalue weighted by Gasteiger charge is -2.05. The SMILES string of the molecule is CCn1cc(S(=O)(=O)Nc2cccnc2)c(C)n1. The van der Waals surface area contributed by atoms with E-state index in [1.165, 1.54) is 12.4 Å². The number of hydrogen-bond donors (Lipinski definition) is 1. The number of pyridine rings is 1. The van der Waals surface area contributed by atoms with Crippen LogP contribution >= 0.6 is 0 Å². The van der Waals surface area contributed by atoms with Gasteiger partial charge in [0, 0.05) is 18.9 Å². The van der Waals surface area contributed by atoms with E-state index in [0.29, 0.717) is 17.9 Å². The van der Waals surface area contributed by atoms with E-state index in [-0.39, 0.29) is 4.90 Å². The monoisotopic (exact) mass is 266 g/mol. The Morgan fingerprint density at radius 3 is 2.78 bits per heavy atom. The Morgan fingerprint density at radius 2 is 2.22 bits per heavy atom. The van der Waals surface area contributed by atoms with Crippen LogP contribution in [0.2, 0.25) is 0 Å². The van der Waals surface area contributed by atoms with Crippen molar-refractivity contribution in [2.24, 2.45) is 0 Å². The van der Waals surface area contributed by atoms with E-state index in [4.69, 9.17) is 0 Å². The molecule has 2 rings (SSSR count). The summed E-state index contributed by atoms with van der Waals surface area (Å²) in [5, 5.41) is 4.12. The van der Waals surface area contributed by atoms with Crippen molar-refractivity contribution in [3.63, 3.8) is 0 Å². The van der Waals surface area contributed by atoms with Crippen LogP contribution in [0.1, 0.15) is 12.6 Å². The molecule has 0 atom stereocenters. The van der Waals surface area contributed by atoms with Crippen LogP contribution in [0.4, 0.5) is 5.69 Å². The zero-order valence-electron chi connectivity index (χ0n) is 10.2. The van der Waals surface area contributed by atoms with Gasteiger partial charge < -0.3 is 0 Å². The molecule has 96 valence electrons. The van der Waals surface area contributed by atoms with E-state index < -0.39 is 10.0 Å². The first-order valence-corrected chi connectivity index (χ1v) is 6.98. The molecule has 2 aromatic rings. The number of hydrogen-bond acceptors (Lipinski definition) is 4. The molecule has 0 amide bonds. The van der Waals surface area contributed by atoms with Gasteiger partial charge in [-0.1, -0.05) is 0 Å². The maximum absolute atomic E-state index is 12.2. The fourth-order valence-corrected chi connectivity index (χ4v) is 2.79. The van der Waals surface area contributed by atoms with E-state index in [2.05, 4.69) is 14.8 Å². The van der Waals surface area contributed by atoms with Crippen LogP contribution in [-0.2, 0) is 16.6 Å². The van der Waals surface area contributed by atoms with Crippen LogP contribution in [0.15, 0.2) is 35.6 Å². The Morgan fingerprint density at radius 1 is 1.44 bits per heavy atom. The molecule has 0 spiro atoms. The van der Waals surface area contributed by atoms with E-state index in [0.717, 1.165) is 0 Å². The highest BCUT2D eigenvalue weighted by Crippen LogP contribution is 2.17. The number of sulfonamides is 1. The second kappa shape index (κ2) is 4.77. The highest BCUT2D eigenvalue weighted by Gasteiger charge is 2.20. The molecule has 0 saturated heterocycles. The van der Waals surface area contributed by atoms with E-state index in [9.17, 15) is 8.42 Å². The second-order valence-corrected chi connectivity index (χ2v) is 5.43. The molecule has 1 N–H and O–H groups in total. The zero-order valence-corrected chi connectivity index (χ0v) is 11.0. The fourth-order valence-electron chi connectivity index (χ4n) is 1.56. The third-order valence-electron chi connectivity index (χ3n) is 2.43. The van der Waals surface area contributed by atoms with E-state index >= 15 is 0 Å². The molecule has 0 fully saturated rings. The van der Waals surface area contributed by atoms with Gasteiger partial charge in [-0.15, -0.1) is 0 Å². The highest BCUT2D eigenvalue weighted by molar-refractivity contribution is 7.92. The number of rotatable bonds is 4. The van der Waals surface area contributed by atoms with Gasteiger partial charge in [-0.2, -0.15) is 5.10 Å².